The van der Waals surface area contributed by atoms with Crippen molar-refractivity contribution in [2.75, 3.05) is 4.31 Å². The van der Waals surface area contributed by atoms with E-state index in [4.69, 9.17) is 0 Å². The Hall–Kier alpha value is -2.07. The number of benzene rings is 2. The summed E-state index contributed by atoms with van der Waals surface area (Å²) in [7, 11) is -3.64. The number of sulfonamides is 1. The molecule has 2 rings (SSSR count). The van der Waals surface area contributed by atoms with E-state index in [0.29, 0.717) is 10.6 Å². The van der Waals surface area contributed by atoms with Gasteiger partial charge in [0.1, 0.15) is 0 Å². The van der Waals surface area contributed by atoms with Crippen LogP contribution in [0, 0.1) is 6.92 Å². The van der Waals surface area contributed by atoms with E-state index < -0.39 is 10.0 Å². The highest BCUT2D eigenvalue weighted by molar-refractivity contribution is 7.93. The predicted octanol–water partition coefficient (Wildman–Crippen LogP) is 9.19. The van der Waals surface area contributed by atoms with Gasteiger partial charge in [0.05, 0.1) is 10.6 Å². The molecule has 3 nitrogen and oxygen atoms in total. The summed E-state index contributed by atoms with van der Waals surface area (Å²) in [5.74, 6) is 0. The van der Waals surface area contributed by atoms with Crippen molar-refractivity contribution in [3.63, 3.8) is 0 Å². The lowest BCUT2D eigenvalue weighted by atomic mass is 10.0. The number of rotatable bonds is 18. The molecule has 0 atom stereocenters. The molecule has 0 bridgehead atoms. The van der Waals surface area contributed by atoms with Gasteiger partial charge in [0, 0.05) is 6.20 Å². The third-order valence-electron chi connectivity index (χ3n) is 6.30. The van der Waals surface area contributed by atoms with Crippen molar-refractivity contribution in [3.8, 4) is 0 Å². The van der Waals surface area contributed by atoms with Crippen molar-refractivity contribution in [1.82, 2.24) is 0 Å². The Morgan fingerprint density at radius 3 is 1.71 bits per heavy atom. The molecule has 4 heteroatoms. The highest BCUT2D eigenvalue weighted by Crippen LogP contribution is 2.24. The predicted molar refractivity (Wildman–Crippen MR) is 147 cm³/mol. The fourth-order valence-electron chi connectivity index (χ4n) is 4.15. The Morgan fingerprint density at radius 1 is 0.676 bits per heavy atom. The molecule has 0 saturated carbocycles. The van der Waals surface area contributed by atoms with E-state index in [1.807, 2.05) is 55.5 Å². The SMILES string of the molecule is CCCCCCCCCCCCCCCC=CN(c1ccccc1)S(=O)(=O)c1ccc(C)cc1. The standard InChI is InChI=1S/C30H45NO2S/c1-3-4-5-6-7-8-9-10-11-12-13-14-15-16-20-27-31(29-21-18-17-19-22-29)34(32,33)30-25-23-28(2)24-26-30/h17-27H,3-16H2,1-2H3. The van der Waals surface area contributed by atoms with Crippen molar-refractivity contribution < 1.29 is 8.42 Å². The lowest BCUT2D eigenvalue weighted by Gasteiger charge is -2.21. The largest absolute Gasteiger partial charge is 0.268 e. The maximum absolute atomic E-state index is 13.3. The molecule has 2 aromatic carbocycles. The molecule has 0 fully saturated rings. The first-order valence-electron chi connectivity index (χ1n) is 13.4. The van der Waals surface area contributed by atoms with Crippen LogP contribution in [-0.2, 0) is 10.0 Å². The topological polar surface area (TPSA) is 37.4 Å². The van der Waals surface area contributed by atoms with E-state index in [1.54, 1.807) is 18.3 Å². The highest BCUT2D eigenvalue weighted by Gasteiger charge is 2.22. The third kappa shape index (κ3) is 10.5. The van der Waals surface area contributed by atoms with Crippen LogP contribution in [0.3, 0.4) is 0 Å². The number of para-hydroxylation sites is 1. The first-order valence-corrected chi connectivity index (χ1v) is 14.8. The van der Waals surface area contributed by atoms with Crippen LogP contribution < -0.4 is 4.31 Å². The second kappa shape index (κ2) is 16.5. The fraction of sp³-hybridized carbons (Fsp3) is 0.533. The van der Waals surface area contributed by atoms with E-state index in [9.17, 15) is 8.42 Å². The number of nitrogens with zero attached hydrogens (tertiary/aromatic N) is 1. The Labute approximate surface area is 209 Å². The molecule has 0 aromatic heterocycles. The molecule has 34 heavy (non-hydrogen) atoms. The quantitative estimate of drug-likeness (QED) is 0.198. The van der Waals surface area contributed by atoms with E-state index in [-0.39, 0.29) is 0 Å². The number of hydrogen-bond acceptors (Lipinski definition) is 2. The first-order chi connectivity index (χ1) is 16.6. The normalized spacial score (nSPS) is 11.8. The van der Waals surface area contributed by atoms with Crippen LogP contribution in [0.15, 0.2) is 71.8 Å². The molecule has 0 N–H and O–H groups in total. The van der Waals surface area contributed by atoms with Gasteiger partial charge < -0.3 is 0 Å². The Morgan fingerprint density at radius 2 is 1.18 bits per heavy atom. The minimum absolute atomic E-state index is 0.313. The van der Waals surface area contributed by atoms with Crippen LogP contribution in [-0.4, -0.2) is 8.42 Å². The summed E-state index contributed by atoms with van der Waals surface area (Å²) in [6.07, 6.45) is 22.0. The second-order valence-corrected chi connectivity index (χ2v) is 11.2. The Bertz CT molecular complexity index is 905. The monoisotopic (exact) mass is 483 g/mol. The van der Waals surface area contributed by atoms with Gasteiger partial charge >= 0.3 is 0 Å². The first kappa shape index (κ1) is 28.2. The molecule has 0 amide bonds. The molecule has 0 radical (unpaired) electrons. The molecular formula is C30H45NO2S. The molecule has 0 saturated heterocycles. The smallest absolute Gasteiger partial charge is 0.242 e. The van der Waals surface area contributed by atoms with Crippen molar-refractivity contribution in [2.45, 2.75) is 109 Å². The Balaban J connectivity index is 1.71. The molecule has 0 aliphatic carbocycles. The second-order valence-electron chi connectivity index (χ2n) is 9.37. The summed E-state index contributed by atoms with van der Waals surface area (Å²) < 4.78 is 28.0. The average molecular weight is 484 g/mol. The van der Waals surface area contributed by atoms with E-state index in [0.717, 1.165) is 18.4 Å². The minimum atomic E-state index is -3.64. The minimum Gasteiger partial charge on any atom is -0.242 e. The summed E-state index contributed by atoms with van der Waals surface area (Å²) in [5.41, 5.74) is 1.70. The maximum Gasteiger partial charge on any atom is 0.268 e. The zero-order valence-corrected chi connectivity index (χ0v) is 22.2. The van der Waals surface area contributed by atoms with Gasteiger partial charge in [-0.2, -0.15) is 0 Å². The van der Waals surface area contributed by atoms with Gasteiger partial charge in [0.15, 0.2) is 0 Å². The van der Waals surface area contributed by atoms with Gasteiger partial charge in [-0.25, -0.2) is 12.7 Å². The van der Waals surface area contributed by atoms with Gasteiger partial charge in [-0.05, 0) is 44.0 Å². The average Bonchev–Trinajstić information content (AvgIpc) is 2.84. The van der Waals surface area contributed by atoms with Crippen LogP contribution in [0.25, 0.3) is 0 Å². The van der Waals surface area contributed by atoms with Gasteiger partial charge in [0.25, 0.3) is 10.0 Å². The molecule has 0 unspecified atom stereocenters. The number of allylic oxidation sites excluding steroid dienone is 1. The van der Waals surface area contributed by atoms with Crippen molar-refractivity contribution in [2.24, 2.45) is 0 Å². The summed E-state index contributed by atoms with van der Waals surface area (Å²) in [6.45, 7) is 4.23. The van der Waals surface area contributed by atoms with Gasteiger partial charge in [-0.1, -0.05) is 126 Å². The molecule has 2 aromatic rings. The molecule has 0 aliphatic rings. The van der Waals surface area contributed by atoms with Crippen molar-refractivity contribution in [1.29, 1.82) is 0 Å². The number of hydrogen-bond donors (Lipinski definition) is 0. The van der Waals surface area contributed by atoms with Crippen LogP contribution in [0.4, 0.5) is 5.69 Å². The molecule has 0 aliphatic heterocycles. The van der Waals surface area contributed by atoms with Crippen LogP contribution in [0.5, 0.6) is 0 Å². The van der Waals surface area contributed by atoms with Crippen LogP contribution >= 0.6 is 0 Å². The maximum atomic E-state index is 13.3. The summed E-state index contributed by atoms with van der Waals surface area (Å²) in [4.78, 5) is 0.313. The van der Waals surface area contributed by atoms with Crippen molar-refractivity contribution >= 4 is 15.7 Å². The van der Waals surface area contributed by atoms with Gasteiger partial charge in [-0.15, -0.1) is 0 Å². The van der Waals surface area contributed by atoms with E-state index in [2.05, 4.69) is 6.92 Å². The number of unbranched alkanes of at least 4 members (excludes halogenated alkanes) is 13. The summed E-state index contributed by atoms with van der Waals surface area (Å²) in [5, 5.41) is 0. The third-order valence-corrected chi connectivity index (χ3v) is 8.02. The molecule has 0 spiro atoms. The van der Waals surface area contributed by atoms with Gasteiger partial charge in [-0.3, -0.25) is 0 Å². The van der Waals surface area contributed by atoms with Gasteiger partial charge in [0.2, 0.25) is 0 Å². The zero-order valence-electron chi connectivity index (χ0n) is 21.4. The van der Waals surface area contributed by atoms with E-state index in [1.165, 1.54) is 81.4 Å². The number of aryl methyl sites for hydroxylation is 1. The summed E-state index contributed by atoms with van der Waals surface area (Å²) >= 11 is 0. The highest BCUT2D eigenvalue weighted by atomic mass is 32.2. The fourth-order valence-corrected chi connectivity index (χ4v) is 5.51. The van der Waals surface area contributed by atoms with Crippen molar-refractivity contribution in [3.05, 3.63) is 72.4 Å². The molecule has 0 heterocycles. The van der Waals surface area contributed by atoms with Crippen LogP contribution in [0.1, 0.15) is 102 Å². The zero-order chi connectivity index (χ0) is 24.5. The van der Waals surface area contributed by atoms with Crippen LogP contribution in [0.2, 0.25) is 0 Å². The molecular weight excluding hydrogens is 438 g/mol. The Kier molecular flexibility index (Phi) is 13.7. The summed E-state index contributed by atoms with van der Waals surface area (Å²) in [6, 6.07) is 16.4. The number of anilines is 1. The lowest BCUT2D eigenvalue weighted by molar-refractivity contribution is 0.540. The van der Waals surface area contributed by atoms with E-state index >= 15 is 0 Å². The molecule has 188 valence electrons. The lowest BCUT2D eigenvalue weighted by Crippen LogP contribution is -2.25.